The first kappa shape index (κ1) is 13.7. The Bertz CT molecular complexity index is 380. The summed E-state index contributed by atoms with van der Waals surface area (Å²) >= 11 is 0. The fourth-order valence-corrected chi connectivity index (χ4v) is 3.81. The zero-order valence-corrected chi connectivity index (χ0v) is 11.8. The van der Waals surface area contributed by atoms with E-state index in [4.69, 9.17) is 0 Å². The van der Waals surface area contributed by atoms with Crippen LogP contribution in [0.3, 0.4) is 0 Å². The second-order valence-corrected chi connectivity index (χ2v) is 7.05. The molecule has 4 atom stereocenters. The predicted molar refractivity (Wildman–Crippen MR) is 69.0 cm³/mol. The molecule has 0 saturated heterocycles. The van der Waals surface area contributed by atoms with Crippen LogP contribution in [0.4, 0.5) is 0 Å². The maximum atomic E-state index is 12.2. The van der Waals surface area contributed by atoms with Gasteiger partial charge in [-0.2, -0.15) is 0 Å². The fourth-order valence-electron chi connectivity index (χ4n) is 3.81. The third kappa shape index (κ3) is 2.03. The van der Waals surface area contributed by atoms with Gasteiger partial charge >= 0.3 is 0 Å². The van der Waals surface area contributed by atoms with Gasteiger partial charge in [-0.15, -0.1) is 0 Å². The summed E-state index contributed by atoms with van der Waals surface area (Å²) in [6.45, 7) is 7.71. The van der Waals surface area contributed by atoms with Gasteiger partial charge in [0.05, 0.1) is 5.60 Å². The smallest absolute Gasteiger partial charge is 0.139 e. The topological polar surface area (TPSA) is 54.4 Å². The summed E-state index contributed by atoms with van der Waals surface area (Å²) in [6, 6.07) is 0. The van der Waals surface area contributed by atoms with Crippen LogP contribution in [0.5, 0.6) is 0 Å². The summed E-state index contributed by atoms with van der Waals surface area (Å²) in [7, 11) is 0. The molecule has 18 heavy (non-hydrogen) atoms. The molecule has 0 radical (unpaired) electrons. The summed E-state index contributed by atoms with van der Waals surface area (Å²) in [6.07, 6.45) is 2.50. The molecule has 102 valence electrons. The summed E-state index contributed by atoms with van der Waals surface area (Å²) in [5.41, 5.74) is -1.10. The van der Waals surface area contributed by atoms with Crippen molar-refractivity contribution in [1.29, 1.82) is 0 Å². The van der Waals surface area contributed by atoms with Crippen molar-refractivity contribution in [3.8, 4) is 0 Å². The molecule has 3 nitrogen and oxygen atoms in total. The van der Waals surface area contributed by atoms with Crippen LogP contribution in [0.2, 0.25) is 0 Å². The highest BCUT2D eigenvalue weighted by Gasteiger charge is 2.54. The molecule has 3 heteroatoms. The minimum Gasteiger partial charge on any atom is -0.390 e. The molecule has 4 unspecified atom stereocenters. The Morgan fingerprint density at radius 1 is 1.28 bits per heavy atom. The molecule has 0 heterocycles. The van der Waals surface area contributed by atoms with Gasteiger partial charge in [0.25, 0.3) is 0 Å². The Kier molecular flexibility index (Phi) is 3.17. The molecule has 2 aliphatic carbocycles. The van der Waals surface area contributed by atoms with Crippen molar-refractivity contribution in [2.45, 2.75) is 59.0 Å². The van der Waals surface area contributed by atoms with Gasteiger partial charge in [-0.1, -0.05) is 13.8 Å². The molecule has 2 aliphatic rings. The van der Waals surface area contributed by atoms with Crippen molar-refractivity contribution < 1.29 is 14.7 Å². The average molecular weight is 252 g/mol. The SMILES string of the molecule is CC1CCC(=O)C2CC(=O)C(C(C)(C)O)CC12C. The van der Waals surface area contributed by atoms with Gasteiger partial charge in [0, 0.05) is 24.7 Å². The highest BCUT2D eigenvalue weighted by Crippen LogP contribution is 2.53. The molecule has 1 N–H and O–H groups in total. The average Bonchev–Trinajstić information content (AvgIpc) is 2.25. The van der Waals surface area contributed by atoms with Crippen LogP contribution in [0.25, 0.3) is 0 Å². The van der Waals surface area contributed by atoms with E-state index in [0.29, 0.717) is 25.2 Å². The van der Waals surface area contributed by atoms with E-state index in [2.05, 4.69) is 13.8 Å². The second-order valence-electron chi connectivity index (χ2n) is 7.05. The van der Waals surface area contributed by atoms with Crippen molar-refractivity contribution in [3.05, 3.63) is 0 Å². The van der Waals surface area contributed by atoms with Crippen LogP contribution >= 0.6 is 0 Å². The van der Waals surface area contributed by atoms with Crippen LogP contribution in [-0.4, -0.2) is 22.3 Å². The van der Waals surface area contributed by atoms with E-state index < -0.39 is 5.60 Å². The molecule has 0 aliphatic heterocycles. The van der Waals surface area contributed by atoms with Crippen LogP contribution in [0.1, 0.15) is 53.4 Å². The highest BCUT2D eigenvalue weighted by atomic mass is 16.3. The van der Waals surface area contributed by atoms with Crippen LogP contribution < -0.4 is 0 Å². The Hall–Kier alpha value is -0.700. The monoisotopic (exact) mass is 252 g/mol. The molecule has 0 amide bonds. The molecular weight excluding hydrogens is 228 g/mol. The van der Waals surface area contributed by atoms with Crippen LogP contribution in [0.15, 0.2) is 0 Å². The number of aliphatic hydroxyl groups is 1. The van der Waals surface area contributed by atoms with E-state index in [1.54, 1.807) is 13.8 Å². The number of hydrogen-bond donors (Lipinski definition) is 1. The Balaban J connectivity index is 2.33. The molecule has 2 rings (SSSR count). The van der Waals surface area contributed by atoms with Gasteiger partial charge in [0.15, 0.2) is 0 Å². The van der Waals surface area contributed by atoms with E-state index in [-0.39, 0.29) is 28.8 Å². The van der Waals surface area contributed by atoms with E-state index >= 15 is 0 Å². The number of fused-ring (bicyclic) bond motifs is 1. The molecule has 0 aromatic carbocycles. The van der Waals surface area contributed by atoms with Gasteiger partial charge < -0.3 is 5.11 Å². The number of Topliss-reactive ketones (excluding diaryl/α,β-unsaturated/α-hetero) is 2. The van der Waals surface area contributed by atoms with Gasteiger partial charge in [-0.3, -0.25) is 9.59 Å². The largest absolute Gasteiger partial charge is 0.390 e. The molecular formula is C15H24O3. The lowest BCUT2D eigenvalue weighted by Crippen LogP contribution is -2.53. The normalized spacial score (nSPS) is 41.7. The second kappa shape index (κ2) is 4.16. The van der Waals surface area contributed by atoms with Gasteiger partial charge in [-0.05, 0) is 38.0 Å². The number of carbonyl (C=O) groups is 2. The lowest BCUT2D eigenvalue weighted by Gasteiger charge is -2.51. The van der Waals surface area contributed by atoms with Crippen LogP contribution in [-0.2, 0) is 9.59 Å². The van der Waals surface area contributed by atoms with Crippen molar-refractivity contribution in [3.63, 3.8) is 0 Å². The first-order valence-corrected chi connectivity index (χ1v) is 6.94. The maximum Gasteiger partial charge on any atom is 0.139 e. The van der Waals surface area contributed by atoms with Crippen LogP contribution in [0, 0.1) is 23.2 Å². The minimum atomic E-state index is -0.981. The van der Waals surface area contributed by atoms with E-state index in [1.165, 1.54) is 0 Å². The number of carbonyl (C=O) groups excluding carboxylic acids is 2. The fraction of sp³-hybridized carbons (Fsp3) is 0.867. The molecule has 2 fully saturated rings. The molecule has 0 aromatic rings. The zero-order valence-electron chi connectivity index (χ0n) is 11.8. The zero-order chi connectivity index (χ0) is 13.7. The molecule has 0 spiro atoms. The summed E-state index contributed by atoms with van der Waals surface area (Å²) < 4.78 is 0. The lowest BCUT2D eigenvalue weighted by molar-refractivity contribution is -0.155. The Labute approximate surface area is 109 Å². The Morgan fingerprint density at radius 2 is 1.89 bits per heavy atom. The van der Waals surface area contributed by atoms with E-state index in [9.17, 15) is 14.7 Å². The van der Waals surface area contributed by atoms with E-state index in [0.717, 1.165) is 6.42 Å². The van der Waals surface area contributed by atoms with E-state index in [1.807, 2.05) is 0 Å². The first-order valence-electron chi connectivity index (χ1n) is 6.94. The highest BCUT2D eigenvalue weighted by molar-refractivity contribution is 5.92. The number of hydrogen-bond acceptors (Lipinski definition) is 3. The van der Waals surface area contributed by atoms with Crippen molar-refractivity contribution >= 4 is 11.6 Å². The minimum absolute atomic E-state index is 0.0624. The summed E-state index contributed by atoms with van der Waals surface area (Å²) in [5, 5.41) is 10.2. The van der Waals surface area contributed by atoms with Gasteiger partial charge in [-0.25, -0.2) is 0 Å². The summed E-state index contributed by atoms with van der Waals surface area (Å²) in [4.78, 5) is 24.2. The Morgan fingerprint density at radius 3 is 2.44 bits per heavy atom. The number of ketones is 2. The number of rotatable bonds is 1. The maximum absolute atomic E-state index is 12.2. The predicted octanol–water partition coefficient (Wildman–Crippen LogP) is 2.36. The molecule has 2 saturated carbocycles. The first-order chi connectivity index (χ1) is 8.16. The third-order valence-corrected chi connectivity index (χ3v) is 5.42. The van der Waals surface area contributed by atoms with Crippen molar-refractivity contribution in [1.82, 2.24) is 0 Å². The molecule has 0 bridgehead atoms. The lowest BCUT2D eigenvalue weighted by atomic mass is 9.52. The van der Waals surface area contributed by atoms with Gasteiger partial charge in [0.2, 0.25) is 0 Å². The van der Waals surface area contributed by atoms with Crippen molar-refractivity contribution in [2.24, 2.45) is 23.2 Å². The summed E-state index contributed by atoms with van der Waals surface area (Å²) in [5.74, 6) is 0.308. The third-order valence-electron chi connectivity index (χ3n) is 5.42. The van der Waals surface area contributed by atoms with Crippen molar-refractivity contribution in [2.75, 3.05) is 0 Å². The quantitative estimate of drug-likeness (QED) is 0.779. The standard InChI is InChI=1S/C15H24O3/c1-9-5-6-12(16)10-7-13(17)11(14(2,3)18)8-15(9,10)4/h9-11,18H,5-8H2,1-4H3. The van der Waals surface area contributed by atoms with Gasteiger partial charge in [0.1, 0.15) is 11.6 Å². The molecule has 0 aromatic heterocycles.